The van der Waals surface area contributed by atoms with Crippen LogP contribution in [-0.4, -0.2) is 0 Å². The lowest BCUT2D eigenvalue weighted by atomic mass is 9.85. The third-order valence-electron chi connectivity index (χ3n) is 3.28. The second-order valence-corrected chi connectivity index (χ2v) is 5.68. The van der Waals surface area contributed by atoms with Gasteiger partial charge in [0.25, 0.3) is 0 Å². The average Bonchev–Trinajstić information content (AvgIpc) is 2.36. The van der Waals surface area contributed by atoms with Crippen LogP contribution >= 0.6 is 15.9 Å². The van der Waals surface area contributed by atoms with E-state index in [1.54, 1.807) is 19.1 Å². The van der Waals surface area contributed by atoms with E-state index in [4.69, 9.17) is 5.73 Å². The molecule has 100 valence electrons. The van der Waals surface area contributed by atoms with E-state index in [9.17, 15) is 8.78 Å². The Morgan fingerprint density at radius 2 is 1.58 bits per heavy atom. The van der Waals surface area contributed by atoms with Crippen molar-refractivity contribution >= 4 is 15.9 Å². The van der Waals surface area contributed by atoms with Gasteiger partial charge in [-0.2, -0.15) is 0 Å². The van der Waals surface area contributed by atoms with Crippen molar-refractivity contribution in [2.24, 2.45) is 5.73 Å². The molecule has 1 nitrogen and oxygen atoms in total. The molecule has 2 N–H and O–H groups in total. The number of hydrogen-bond donors (Lipinski definition) is 1. The predicted octanol–water partition coefficient (Wildman–Crippen LogP) is 4.26. The lowest BCUT2D eigenvalue weighted by Crippen LogP contribution is -2.35. The molecule has 0 saturated heterocycles. The van der Waals surface area contributed by atoms with Gasteiger partial charge in [0.05, 0.1) is 5.54 Å². The van der Waals surface area contributed by atoms with Crippen LogP contribution in [0.5, 0.6) is 0 Å². The van der Waals surface area contributed by atoms with Crippen molar-refractivity contribution in [3.8, 4) is 0 Å². The van der Waals surface area contributed by atoms with Crippen LogP contribution in [0.2, 0.25) is 0 Å². The molecule has 0 aliphatic carbocycles. The minimum atomic E-state index is -1.08. The van der Waals surface area contributed by atoms with Crippen LogP contribution in [0.15, 0.2) is 40.9 Å². The SMILES string of the molecule is Cc1ccc(C(C)(N)c2ccc(Br)cc2)c(F)c1F. The highest BCUT2D eigenvalue weighted by Crippen LogP contribution is 2.31. The molecule has 0 bridgehead atoms. The topological polar surface area (TPSA) is 26.0 Å². The third-order valence-corrected chi connectivity index (χ3v) is 3.81. The van der Waals surface area contributed by atoms with Gasteiger partial charge in [-0.25, -0.2) is 8.78 Å². The molecule has 19 heavy (non-hydrogen) atoms. The first-order chi connectivity index (χ1) is 8.84. The predicted molar refractivity (Wildman–Crippen MR) is 75.9 cm³/mol. The van der Waals surface area contributed by atoms with E-state index in [1.807, 2.05) is 12.1 Å². The van der Waals surface area contributed by atoms with Gasteiger partial charge < -0.3 is 5.73 Å². The molecule has 0 heterocycles. The van der Waals surface area contributed by atoms with Gasteiger partial charge in [-0.05, 0) is 37.1 Å². The Morgan fingerprint density at radius 3 is 2.16 bits per heavy atom. The molecule has 2 aromatic rings. The summed E-state index contributed by atoms with van der Waals surface area (Å²) in [4.78, 5) is 0. The first-order valence-corrected chi connectivity index (χ1v) is 6.63. The van der Waals surface area contributed by atoms with Crippen LogP contribution in [-0.2, 0) is 5.54 Å². The lowest BCUT2D eigenvalue weighted by Gasteiger charge is -2.27. The Hall–Kier alpha value is -1.26. The first kappa shape index (κ1) is 14.2. The van der Waals surface area contributed by atoms with Gasteiger partial charge >= 0.3 is 0 Å². The number of nitrogens with two attached hydrogens (primary N) is 1. The minimum Gasteiger partial charge on any atom is -0.318 e. The van der Waals surface area contributed by atoms with E-state index in [2.05, 4.69) is 15.9 Å². The van der Waals surface area contributed by atoms with Crippen LogP contribution in [0.1, 0.15) is 23.6 Å². The van der Waals surface area contributed by atoms with Gasteiger partial charge in [0.15, 0.2) is 11.6 Å². The Morgan fingerprint density at radius 1 is 1.00 bits per heavy atom. The Labute approximate surface area is 119 Å². The summed E-state index contributed by atoms with van der Waals surface area (Å²) in [6.45, 7) is 3.19. The van der Waals surface area contributed by atoms with E-state index in [-0.39, 0.29) is 11.1 Å². The first-order valence-electron chi connectivity index (χ1n) is 5.84. The molecule has 0 saturated carbocycles. The van der Waals surface area contributed by atoms with Gasteiger partial charge in [0.2, 0.25) is 0 Å². The van der Waals surface area contributed by atoms with E-state index in [0.717, 1.165) is 10.0 Å². The Bertz CT molecular complexity index is 606. The zero-order valence-electron chi connectivity index (χ0n) is 10.7. The molecule has 0 amide bonds. The number of hydrogen-bond acceptors (Lipinski definition) is 1. The Kier molecular flexibility index (Phi) is 3.74. The molecule has 0 aromatic heterocycles. The number of rotatable bonds is 2. The summed E-state index contributed by atoms with van der Waals surface area (Å²) in [5, 5.41) is 0. The summed E-state index contributed by atoms with van der Waals surface area (Å²) in [6, 6.07) is 10.3. The highest BCUT2D eigenvalue weighted by molar-refractivity contribution is 9.10. The van der Waals surface area contributed by atoms with Gasteiger partial charge in [0.1, 0.15) is 0 Å². The van der Waals surface area contributed by atoms with Crippen molar-refractivity contribution in [2.45, 2.75) is 19.4 Å². The second-order valence-electron chi connectivity index (χ2n) is 4.77. The van der Waals surface area contributed by atoms with Gasteiger partial charge in [-0.15, -0.1) is 0 Å². The average molecular weight is 326 g/mol. The molecule has 2 aromatic carbocycles. The van der Waals surface area contributed by atoms with Crippen molar-refractivity contribution < 1.29 is 8.78 Å². The maximum absolute atomic E-state index is 14.1. The fourth-order valence-electron chi connectivity index (χ4n) is 2.00. The van der Waals surface area contributed by atoms with E-state index in [1.165, 1.54) is 19.1 Å². The van der Waals surface area contributed by atoms with Crippen molar-refractivity contribution in [1.82, 2.24) is 0 Å². The maximum atomic E-state index is 14.1. The molecular formula is C15H14BrF2N. The molecule has 0 aliphatic rings. The molecule has 0 aliphatic heterocycles. The fourth-order valence-corrected chi connectivity index (χ4v) is 2.26. The van der Waals surface area contributed by atoms with Gasteiger partial charge in [0, 0.05) is 10.0 Å². The highest BCUT2D eigenvalue weighted by Gasteiger charge is 2.28. The Balaban J connectivity index is 2.56. The van der Waals surface area contributed by atoms with Gasteiger partial charge in [-0.1, -0.05) is 40.2 Å². The van der Waals surface area contributed by atoms with E-state index >= 15 is 0 Å². The smallest absolute Gasteiger partial charge is 0.164 e. The summed E-state index contributed by atoms with van der Waals surface area (Å²) in [5.74, 6) is -1.72. The minimum absolute atomic E-state index is 0.151. The highest BCUT2D eigenvalue weighted by atomic mass is 79.9. The van der Waals surface area contributed by atoms with Crippen LogP contribution in [0, 0.1) is 18.6 Å². The second kappa shape index (κ2) is 5.02. The molecule has 4 heteroatoms. The molecule has 0 spiro atoms. The zero-order chi connectivity index (χ0) is 14.2. The zero-order valence-corrected chi connectivity index (χ0v) is 12.3. The molecule has 1 atom stereocenters. The summed E-state index contributed by atoms with van der Waals surface area (Å²) in [5.41, 5.74) is 6.27. The van der Waals surface area contributed by atoms with Crippen LogP contribution in [0.3, 0.4) is 0 Å². The molecular weight excluding hydrogens is 312 g/mol. The van der Waals surface area contributed by atoms with Crippen LogP contribution in [0.25, 0.3) is 0 Å². The third kappa shape index (κ3) is 2.55. The van der Waals surface area contributed by atoms with Crippen molar-refractivity contribution in [2.75, 3.05) is 0 Å². The van der Waals surface area contributed by atoms with Crippen molar-refractivity contribution in [1.29, 1.82) is 0 Å². The van der Waals surface area contributed by atoms with E-state index in [0.29, 0.717) is 0 Å². The molecule has 2 rings (SSSR count). The van der Waals surface area contributed by atoms with Crippen molar-refractivity contribution in [3.05, 3.63) is 69.2 Å². The quantitative estimate of drug-likeness (QED) is 0.877. The van der Waals surface area contributed by atoms with Crippen LogP contribution < -0.4 is 5.73 Å². The molecule has 0 radical (unpaired) electrons. The van der Waals surface area contributed by atoms with Gasteiger partial charge in [-0.3, -0.25) is 0 Å². The molecule has 0 fully saturated rings. The largest absolute Gasteiger partial charge is 0.318 e. The monoisotopic (exact) mass is 325 g/mol. The number of benzene rings is 2. The molecule has 1 unspecified atom stereocenters. The standard InChI is InChI=1S/C15H14BrF2N/c1-9-3-8-12(14(18)13(9)17)15(2,19)10-4-6-11(16)7-5-10/h3-8H,19H2,1-2H3. The van der Waals surface area contributed by atoms with E-state index < -0.39 is 17.2 Å². The number of aryl methyl sites for hydroxylation is 1. The summed E-state index contributed by atoms with van der Waals surface area (Å²) in [6.07, 6.45) is 0. The maximum Gasteiger partial charge on any atom is 0.164 e. The number of halogens is 3. The summed E-state index contributed by atoms with van der Waals surface area (Å²) >= 11 is 3.33. The lowest BCUT2D eigenvalue weighted by molar-refractivity contribution is 0.464. The summed E-state index contributed by atoms with van der Waals surface area (Å²) < 4.78 is 28.6. The normalized spacial score (nSPS) is 14.2. The van der Waals surface area contributed by atoms with Crippen molar-refractivity contribution in [3.63, 3.8) is 0 Å². The summed E-state index contributed by atoms with van der Waals surface area (Å²) in [7, 11) is 0. The fraction of sp³-hybridized carbons (Fsp3) is 0.200. The van der Waals surface area contributed by atoms with Crippen LogP contribution in [0.4, 0.5) is 8.78 Å².